The molecule has 0 aromatic carbocycles. The molecular formula is C70H112O6. The monoisotopic (exact) mass is 1050 g/mol. The Labute approximate surface area is 467 Å². The van der Waals surface area contributed by atoms with Crippen molar-refractivity contribution in [2.45, 2.75) is 264 Å². The molecule has 1 atom stereocenters. The van der Waals surface area contributed by atoms with E-state index in [1.807, 2.05) is 24.3 Å². The van der Waals surface area contributed by atoms with Gasteiger partial charge in [0.15, 0.2) is 6.10 Å². The highest BCUT2D eigenvalue weighted by Gasteiger charge is 2.19. The van der Waals surface area contributed by atoms with E-state index in [0.29, 0.717) is 19.3 Å². The summed E-state index contributed by atoms with van der Waals surface area (Å²) in [5.74, 6) is -1.11. The smallest absolute Gasteiger partial charge is 0.306 e. The molecule has 0 amide bonds. The van der Waals surface area contributed by atoms with E-state index in [4.69, 9.17) is 14.2 Å². The van der Waals surface area contributed by atoms with Crippen LogP contribution in [0, 0.1) is 0 Å². The highest BCUT2D eigenvalue weighted by atomic mass is 16.6. The van der Waals surface area contributed by atoms with E-state index < -0.39 is 12.1 Å². The van der Waals surface area contributed by atoms with Crippen molar-refractivity contribution in [3.8, 4) is 0 Å². The third-order valence-corrected chi connectivity index (χ3v) is 12.6. The fraction of sp³-hybridized carbons (Fsp3) is 0.614. The molecule has 6 nitrogen and oxygen atoms in total. The number of carbonyl (C=O) groups is 3. The molecule has 6 heteroatoms. The number of ether oxygens (including phenoxy) is 3. The van der Waals surface area contributed by atoms with Crippen LogP contribution in [-0.2, 0) is 28.6 Å². The molecule has 1 unspecified atom stereocenters. The number of rotatable bonds is 54. The molecule has 428 valence electrons. The Balaban J connectivity index is 4.59. The van der Waals surface area contributed by atoms with E-state index in [0.717, 1.165) is 96.3 Å². The minimum absolute atomic E-state index is 0.135. The van der Waals surface area contributed by atoms with Gasteiger partial charge >= 0.3 is 17.9 Å². The van der Waals surface area contributed by atoms with E-state index in [1.165, 1.54) is 109 Å². The van der Waals surface area contributed by atoms with Gasteiger partial charge in [0, 0.05) is 19.3 Å². The van der Waals surface area contributed by atoms with Crippen molar-refractivity contribution in [2.24, 2.45) is 0 Å². The quantitative estimate of drug-likeness (QED) is 0.0261. The number of hydrogen-bond acceptors (Lipinski definition) is 6. The molecule has 0 aromatic rings. The summed E-state index contributed by atoms with van der Waals surface area (Å²) < 4.78 is 16.8. The summed E-state index contributed by atoms with van der Waals surface area (Å²) in [7, 11) is 0. The lowest BCUT2D eigenvalue weighted by Gasteiger charge is -2.18. The Bertz CT molecular complexity index is 1680. The fourth-order valence-corrected chi connectivity index (χ4v) is 8.08. The lowest BCUT2D eigenvalue weighted by Crippen LogP contribution is -2.30. The van der Waals surface area contributed by atoms with Crippen LogP contribution in [0.5, 0.6) is 0 Å². The summed E-state index contributed by atoms with van der Waals surface area (Å²) in [6.45, 7) is 6.30. The minimum Gasteiger partial charge on any atom is -0.462 e. The molecule has 0 aromatic heterocycles. The normalized spacial score (nSPS) is 13.1. The van der Waals surface area contributed by atoms with Gasteiger partial charge in [-0.1, -0.05) is 289 Å². The first kappa shape index (κ1) is 71.3. The van der Waals surface area contributed by atoms with Crippen LogP contribution in [0.4, 0.5) is 0 Å². The van der Waals surface area contributed by atoms with Crippen LogP contribution in [0.3, 0.4) is 0 Å². The molecule has 0 saturated heterocycles. The maximum atomic E-state index is 12.9. The number of hydrogen-bond donors (Lipinski definition) is 0. The van der Waals surface area contributed by atoms with Crippen LogP contribution in [0.1, 0.15) is 258 Å². The van der Waals surface area contributed by atoms with Gasteiger partial charge < -0.3 is 14.2 Å². The van der Waals surface area contributed by atoms with Gasteiger partial charge in [-0.15, -0.1) is 0 Å². The van der Waals surface area contributed by atoms with E-state index in [-0.39, 0.29) is 38.0 Å². The average Bonchev–Trinajstić information content (AvgIpc) is 3.42. The van der Waals surface area contributed by atoms with Gasteiger partial charge in [-0.3, -0.25) is 14.4 Å². The first-order valence-corrected chi connectivity index (χ1v) is 30.8. The predicted molar refractivity (Wildman–Crippen MR) is 329 cm³/mol. The number of unbranched alkanes of at least 4 members (excludes halogenated alkanes) is 19. The van der Waals surface area contributed by atoms with Gasteiger partial charge in [0.2, 0.25) is 0 Å². The van der Waals surface area contributed by atoms with Crippen LogP contribution in [0.15, 0.2) is 146 Å². The van der Waals surface area contributed by atoms with Crippen LogP contribution in [0.2, 0.25) is 0 Å². The molecule has 0 N–H and O–H groups in total. The van der Waals surface area contributed by atoms with E-state index >= 15 is 0 Å². The summed E-state index contributed by atoms with van der Waals surface area (Å²) in [5, 5.41) is 0. The van der Waals surface area contributed by atoms with Gasteiger partial charge in [0.25, 0.3) is 0 Å². The summed E-state index contributed by atoms with van der Waals surface area (Å²) in [4.78, 5) is 38.2. The van der Waals surface area contributed by atoms with E-state index in [9.17, 15) is 14.4 Å². The van der Waals surface area contributed by atoms with Crippen LogP contribution in [0.25, 0.3) is 0 Å². The maximum Gasteiger partial charge on any atom is 0.306 e. The third-order valence-electron chi connectivity index (χ3n) is 12.6. The van der Waals surface area contributed by atoms with Crippen molar-refractivity contribution in [1.29, 1.82) is 0 Å². The predicted octanol–water partition coefficient (Wildman–Crippen LogP) is 21.2. The van der Waals surface area contributed by atoms with Crippen molar-refractivity contribution in [1.82, 2.24) is 0 Å². The fourth-order valence-electron chi connectivity index (χ4n) is 8.08. The Kier molecular flexibility index (Phi) is 58.9. The first-order valence-electron chi connectivity index (χ1n) is 30.8. The van der Waals surface area contributed by atoms with Crippen molar-refractivity contribution < 1.29 is 28.6 Å². The molecule has 0 spiro atoms. The molecule has 0 aliphatic rings. The molecule has 0 saturated carbocycles. The largest absolute Gasteiger partial charge is 0.462 e. The van der Waals surface area contributed by atoms with Crippen molar-refractivity contribution >= 4 is 17.9 Å². The van der Waals surface area contributed by atoms with Crippen molar-refractivity contribution in [3.63, 3.8) is 0 Å². The van der Waals surface area contributed by atoms with E-state index in [1.54, 1.807) is 0 Å². The Morgan fingerprint density at radius 1 is 0.276 bits per heavy atom. The van der Waals surface area contributed by atoms with Crippen LogP contribution >= 0.6 is 0 Å². The second-order valence-corrected chi connectivity index (χ2v) is 19.9. The Morgan fingerprint density at radius 2 is 0.513 bits per heavy atom. The van der Waals surface area contributed by atoms with Gasteiger partial charge in [0.1, 0.15) is 13.2 Å². The molecule has 0 bridgehead atoms. The third kappa shape index (κ3) is 60.2. The standard InChI is InChI=1S/C70H112O6/c1-4-7-10-13-16-19-22-25-28-31-34-37-39-42-45-48-51-54-57-60-63-69(72)75-66-67(76-70(73)64-61-58-55-52-49-46-43-40-36-33-30-27-24-21-18-15-12-9-6-3)65-74-68(71)62-59-56-53-50-47-44-41-38-35-32-29-26-23-20-17-14-11-8-5-2/h8-9,11-12,17-18,20-21,26-27,29-30,35-36,38,40,44,46-47,49,53,55-56,58,67H,4-7,10,13-16,19,22-25,28,31-34,37,39,41-43,45,48,50-52,54,57,59-66H2,1-3H3/b11-8-,12-9-,20-17-,21-18-,29-26-,30-27-,38-35-,40-36-,47-44-,49-46-,56-53-,58-55-. The van der Waals surface area contributed by atoms with Gasteiger partial charge in [0.05, 0.1) is 0 Å². The maximum absolute atomic E-state index is 12.9. The molecule has 0 fully saturated rings. The zero-order chi connectivity index (χ0) is 55.0. The number of carbonyl (C=O) groups excluding carboxylic acids is 3. The number of esters is 3. The Morgan fingerprint density at radius 3 is 0.803 bits per heavy atom. The first-order chi connectivity index (χ1) is 37.5. The van der Waals surface area contributed by atoms with Crippen LogP contribution in [-0.4, -0.2) is 37.2 Å². The second kappa shape index (κ2) is 62.8. The topological polar surface area (TPSA) is 78.9 Å². The van der Waals surface area contributed by atoms with Gasteiger partial charge in [-0.2, -0.15) is 0 Å². The summed E-state index contributed by atoms with van der Waals surface area (Å²) in [6, 6.07) is 0. The van der Waals surface area contributed by atoms with Gasteiger partial charge in [-0.25, -0.2) is 0 Å². The minimum atomic E-state index is -0.855. The lowest BCUT2D eigenvalue weighted by molar-refractivity contribution is -0.166. The highest BCUT2D eigenvalue weighted by Crippen LogP contribution is 2.16. The van der Waals surface area contributed by atoms with Gasteiger partial charge in [-0.05, 0) is 96.3 Å². The van der Waals surface area contributed by atoms with Crippen molar-refractivity contribution in [2.75, 3.05) is 13.2 Å². The highest BCUT2D eigenvalue weighted by molar-refractivity contribution is 5.71. The van der Waals surface area contributed by atoms with Crippen molar-refractivity contribution in [3.05, 3.63) is 146 Å². The molecule has 76 heavy (non-hydrogen) atoms. The van der Waals surface area contributed by atoms with Crippen LogP contribution < -0.4 is 0 Å². The summed E-state index contributed by atoms with van der Waals surface area (Å²) in [6.07, 6.45) is 90.2. The van der Waals surface area contributed by atoms with E-state index in [2.05, 4.69) is 142 Å². The Hall–Kier alpha value is -4.71. The summed E-state index contributed by atoms with van der Waals surface area (Å²) >= 11 is 0. The number of allylic oxidation sites excluding steroid dienone is 24. The molecule has 0 heterocycles. The molecular weight excluding hydrogens is 937 g/mol. The zero-order valence-electron chi connectivity index (χ0n) is 49.0. The molecule has 0 aliphatic carbocycles. The summed E-state index contributed by atoms with van der Waals surface area (Å²) in [5.41, 5.74) is 0. The lowest BCUT2D eigenvalue weighted by atomic mass is 10.0. The SMILES string of the molecule is CC/C=C\C/C=C\C/C=C\C/C=C\C/C=C\C/C=C\CCC(=O)OCC(COC(=O)CCCCCCCCCCCCCCCCCCCCCC)OC(=O)CC/C=C\C/C=C\C/C=C\C/C=C\C/C=C\C/C=C\CC. The average molecular weight is 1050 g/mol. The second-order valence-electron chi connectivity index (χ2n) is 19.9. The molecule has 0 radical (unpaired) electrons. The zero-order valence-corrected chi connectivity index (χ0v) is 49.0. The molecule has 0 rings (SSSR count). The molecule has 0 aliphatic heterocycles.